The van der Waals surface area contributed by atoms with Gasteiger partial charge in [0.15, 0.2) is 8.32 Å². The maximum absolute atomic E-state index is 6.58. The third-order valence-corrected chi connectivity index (χ3v) is 9.04. The van der Waals surface area contributed by atoms with Crippen LogP contribution in [0.2, 0.25) is 18.1 Å². The van der Waals surface area contributed by atoms with Crippen molar-refractivity contribution < 1.29 is 4.43 Å². The molecule has 19 heavy (non-hydrogen) atoms. The average molecular weight is 408 g/mol. The summed E-state index contributed by atoms with van der Waals surface area (Å²) in [7, 11) is -1.76. The smallest absolute Gasteiger partial charge is 0.192 e. The lowest BCUT2D eigenvalue weighted by Crippen LogP contribution is -2.42. The van der Waals surface area contributed by atoms with Crippen LogP contribution in [0.4, 0.5) is 0 Å². The quantitative estimate of drug-likeness (QED) is 0.413. The van der Waals surface area contributed by atoms with E-state index >= 15 is 0 Å². The van der Waals surface area contributed by atoms with Gasteiger partial charge in [-0.25, -0.2) is 0 Å². The van der Waals surface area contributed by atoms with E-state index in [9.17, 15) is 0 Å². The minimum absolute atomic E-state index is 0.144. The molecule has 0 amide bonds. The Bertz CT molecular complexity index is 385. The zero-order valence-electron chi connectivity index (χ0n) is 12.4. The maximum Gasteiger partial charge on any atom is 0.192 e. The van der Waals surface area contributed by atoms with Gasteiger partial charge in [-0.3, -0.25) is 0 Å². The van der Waals surface area contributed by atoms with Crippen molar-refractivity contribution in [3.63, 3.8) is 0 Å². The topological polar surface area (TPSA) is 9.23 Å². The molecule has 0 bridgehead atoms. The lowest BCUT2D eigenvalue weighted by molar-refractivity contribution is 0.179. The number of hydrogen-bond donors (Lipinski definition) is 0. The predicted molar refractivity (Wildman–Crippen MR) is 93.7 cm³/mol. The molecule has 0 radical (unpaired) electrons. The molecule has 0 aliphatic carbocycles. The molecule has 0 aromatic heterocycles. The monoisotopic (exact) mass is 406 g/mol. The zero-order chi connectivity index (χ0) is 14.7. The van der Waals surface area contributed by atoms with Crippen molar-refractivity contribution in [3.05, 3.63) is 35.9 Å². The van der Waals surface area contributed by atoms with Crippen molar-refractivity contribution >= 4 is 40.2 Å². The highest BCUT2D eigenvalue weighted by Crippen LogP contribution is 2.41. The summed E-state index contributed by atoms with van der Waals surface area (Å²) in [5.74, 6) is 0. The largest absolute Gasteiger partial charge is 0.410 e. The first-order valence-corrected chi connectivity index (χ1v) is 11.4. The second-order valence-electron chi connectivity index (χ2n) is 6.40. The van der Waals surface area contributed by atoms with E-state index in [1.54, 1.807) is 0 Å². The maximum atomic E-state index is 6.58. The van der Waals surface area contributed by atoms with Crippen LogP contribution in [-0.2, 0) is 4.43 Å². The van der Waals surface area contributed by atoms with E-state index < -0.39 is 8.32 Å². The van der Waals surface area contributed by atoms with Gasteiger partial charge < -0.3 is 4.43 Å². The molecular formula is C15H24Br2OSi. The molecule has 1 unspecified atom stereocenters. The van der Waals surface area contributed by atoms with Crippen molar-refractivity contribution in [2.75, 3.05) is 0 Å². The van der Waals surface area contributed by atoms with Gasteiger partial charge in [0.25, 0.3) is 0 Å². The van der Waals surface area contributed by atoms with Gasteiger partial charge in [-0.2, -0.15) is 0 Å². The van der Waals surface area contributed by atoms with Gasteiger partial charge in [0.05, 0.1) is 9.84 Å². The van der Waals surface area contributed by atoms with E-state index in [1.165, 1.54) is 5.56 Å². The molecule has 1 rings (SSSR count). The molecule has 1 aromatic rings. The third kappa shape index (κ3) is 5.33. The van der Waals surface area contributed by atoms with Gasteiger partial charge in [0.2, 0.25) is 0 Å². The summed E-state index contributed by atoms with van der Waals surface area (Å²) in [6.45, 7) is 11.4. The van der Waals surface area contributed by atoms with Crippen LogP contribution in [0.3, 0.4) is 0 Å². The van der Waals surface area contributed by atoms with Crippen LogP contribution in [0.5, 0.6) is 0 Å². The van der Waals surface area contributed by atoms with E-state index in [1.807, 2.05) is 6.07 Å². The molecule has 1 atom stereocenters. The van der Waals surface area contributed by atoms with Crippen molar-refractivity contribution in [2.45, 2.75) is 55.2 Å². The Morgan fingerprint density at radius 1 is 1.11 bits per heavy atom. The van der Waals surface area contributed by atoms with Gasteiger partial charge in [0, 0.05) is 0 Å². The molecule has 0 saturated carbocycles. The highest BCUT2D eigenvalue weighted by molar-refractivity contribution is 9.24. The Morgan fingerprint density at radius 3 is 2.05 bits per heavy atom. The Balaban J connectivity index is 2.94. The highest BCUT2D eigenvalue weighted by atomic mass is 79.9. The number of benzene rings is 1. The number of halogens is 2. The van der Waals surface area contributed by atoms with Crippen molar-refractivity contribution in [1.29, 1.82) is 0 Å². The van der Waals surface area contributed by atoms with E-state index in [-0.39, 0.29) is 14.9 Å². The van der Waals surface area contributed by atoms with Crippen molar-refractivity contribution in [3.8, 4) is 0 Å². The fourth-order valence-electron chi connectivity index (χ4n) is 1.61. The summed E-state index contributed by atoms with van der Waals surface area (Å²) in [4.78, 5) is 0. The van der Waals surface area contributed by atoms with E-state index in [0.29, 0.717) is 0 Å². The summed E-state index contributed by atoms with van der Waals surface area (Å²) < 4.78 is 6.85. The van der Waals surface area contributed by atoms with E-state index in [4.69, 9.17) is 4.43 Å². The molecule has 0 aliphatic rings. The second kappa shape index (κ2) is 6.88. The SMILES string of the molecule is CC(C)(C)[Si](C)(C)OC(CC(Br)Br)c1ccccc1. The lowest BCUT2D eigenvalue weighted by atomic mass is 10.1. The Kier molecular flexibility index (Phi) is 6.30. The molecule has 0 N–H and O–H groups in total. The first-order valence-electron chi connectivity index (χ1n) is 6.64. The van der Waals surface area contributed by atoms with Gasteiger partial charge in [-0.1, -0.05) is 83.0 Å². The first kappa shape index (κ1) is 17.4. The standard InChI is InChI=1S/C15H24Br2OSi/c1-15(2,3)19(4,5)18-13(11-14(16)17)12-9-7-6-8-10-12/h6-10,13-14H,11H2,1-5H3. The van der Waals surface area contributed by atoms with E-state index in [0.717, 1.165) is 6.42 Å². The van der Waals surface area contributed by atoms with Gasteiger partial charge in [0.1, 0.15) is 0 Å². The average Bonchev–Trinajstić information content (AvgIpc) is 2.27. The molecule has 4 heteroatoms. The molecule has 108 valence electrons. The summed E-state index contributed by atoms with van der Waals surface area (Å²) in [5.41, 5.74) is 1.26. The fraction of sp³-hybridized carbons (Fsp3) is 0.600. The molecule has 0 aliphatic heterocycles. The third-order valence-electron chi connectivity index (χ3n) is 3.81. The second-order valence-corrected chi connectivity index (χ2v) is 14.6. The van der Waals surface area contributed by atoms with Crippen LogP contribution in [0, 0.1) is 0 Å². The zero-order valence-corrected chi connectivity index (χ0v) is 16.6. The van der Waals surface area contributed by atoms with Crippen molar-refractivity contribution in [2.24, 2.45) is 0 Å². The summed E-state index contributed by atoms with van der Waals surface area (Å²) in [6.07, 6.45) is 1.07. The predicted octanol–water partition coefficient (Wildman–Crippen LogP) is 6.26. The Hall–Kier alpha value is 0.357. The molecule has 0 saturated heterocycles. The molecule has 0 fully saturated rings. The van der Waals surface area contributed by atoms with Crippen LogP contribution in [0.25, 0.3) is 0 Å². The number of rotatable bonds is 5. The molecular weight excluding hydrogens is 384 g/mol. The lowest BCUT2D eigenvalue weighted by Gasteiger charge is -2.39. The minimum atomic E-state index is -1.76. The van der Waals surface area contributed by atoms with Crippen LogP contribution < -0.4 is 0 Å². The van der Waals surface area contributed by atoms with Gasteiger partial charge in [-0.05, 0) is 30.1 Å². The van der Waals surface area contributed by atoms with Crippen LogP contribution in [0.15, 0.2) is 30.3 Å². The Labute approximate surface area is 135 Å². The number of alkyl halides is 2. The molecule has 1 aromatic carbocycles. The summed E-state index contributed by atoms with van der Waals surface area (Å²) in [6, 6.07) is 10.5. The highest BCUT2D eigenvalue weighted by Gasteiger charge is 2.39. The molecule has 0 heterocycles. The number of hydrogen-bond acceptors (Lipinski definition) is 1. The fourth-order valence-corrected chi connectivity index (χ4v) is 3.59. The van der Waals surface area contributed by atoms with Crippen LogP contribution >= 0.6 is 31.9 Å². The van der Waals surface area contributed by atoms with Crippen molar-refractivity contribution in [1.82, 2.24) is 0 Å². The Morgan fingerprint density at radius 2 is 1.63 bits per heavy atom. The summed E-state index contributed by atoms with van der Waals surface area (Å²) >= 11 is 7.16. The van der Waals surface area contributed by atoms with Crippen LogP contribution in [0.1, 0.15) is 38.9 Å². The first-order chi connectivity index (χ1) is 8.63. The molecule has 1 nitrogen and oxygen atoms in total. The normalized spacial score (nSPS) is 14.7. The minimum Gasteiger partial charge on any atom is -0.410 e. The van der Waals surface area contributed by atoms with E-state index in [2.05, 4.69) is 90.0 Å². The summed E-state index contributed by atoms with van der Waals surface area (Å²) in [5, 5.41) is 0.230. The molecule has 0 spiro atoms. The van der Waals surface area contributed by atoms with Gasteiger partial charge >= 0.3 is 0 Å². The van der Waals surface area contributed by atoms with Gasteiger partial charge in [-0.15, -0.1) is 0 Å². The van der Waals surface area contributed by atoms with Crippen LogP contribution in [-0.4, -0.2) is 12.1 Å².